The maximum atomic E-state index is 15.4. The van der Waals surface area contributed by atoms with Gasteiger partial charge in [-0.1, -0.05) is 133 Å². The zero-order valence-electron chi connectivity index (χ0n) is 32.5. The molecule has 2 heterocycles. The fraction of sp³-hybridized carbons (Fsp3) is 0.0769. The molecule has 10 aromatic rings. The first-order valence-electron chi connectivity index (χ1n) is 20.0. The molecule has 10 rings (SSSR count). The largest absolute Gasteiger partial charge is 0.341 e. The maximum absolute atomic E-state index is 15.4. The molecule has 0 saturated heterocycles. The molecular weight excluding hydrogens is 747 g/mol. The van der Waals surface area contributed by atoms with Gasteiger partial charge in [0.2, 0.25) is 0 Å². The van der Waals surface area contributed by atoms with Crippen molar-refractivity contribution < 1.29 is 9.13 Å². The third-order valence-corrected chi connectivity index (χ3v) is 18.0. The summed E-state index contributed by atoms with van der Waals surface area (Å²) in [6.45, 7) is 5.99. The molecule has 0 unspecified atom stereocenters. The van der Waals surface area contributed by atoms with Crippen LogP contribution in [0.5, 0.6) is 0 Å². The quantitative estimate of drug-likeness (QED) is 0.137. The van der Waals surface area contributed by atoms with E-state index in [-0.39, 0.29) is 0 Å². The molecule has 282 valence electrons. The Hall–Kier alpha value is -6.18. The second kappa shape index (κ2) is 14.3. The SMILES string of the molecule is CCn1c2ccc(-c3ccc4c(c3)c3cc(P(=O)(c5ccccc5)c5ccccc5)ccc3n4CC)cc2c2cc(P(=O)(c3ccccc3)c3ccccc3)ccc21. The van der Waals surface area contributed by atoms with E-state index in [0.717, 1.165) is 99.7 Å². The van der Waals surface area contributed by atoms with Crippen LogP contribution in [0.4, 0.5) is 0 Å². The minimum Gasteiger partial charge on any atom is -0.341 e. The van der Waals surface area contributed by atoms with Crippen LogP contribution in [-0.4, -0.2) is 9.13 Å². The summed E-state index contributed by atoms with van der Waals surface area (Å²) in [5, 5.41) is 9.40. The van der Waals surface area contributed by atoms with E-state index in [1.54, 1.807) is 0 Å². The fourth-order valence-electron chi connectivity index (χ4n) is 9.06. The highest BCUT2D eigenvalue weighted by Gasteiger charge is 2.32. The first kappa shape index (κ1) is 36.2. The Morgan fingerprint density at radius 1 is 0.328 bits per heavy atom. The standard InChI is InChI=1S/C52H42N2O2P2/c1-3-53-49-29-25-37(33-45(49)47-35-43(27-31-51(47)53)57(55,39-17-9-5-10-18-39)40-19-11-6-12-20-40)38-26-30-50-46(34-38)48-36-44(28-32-52(48)54(50)4-2)58(56,41-21-13-7-14-22-41)42-23-15-8-16-24-42/h5-36H,3-4H2,1-2H3. The molecule has 58 heavy (non-hydrogen) atoms. The van der Waals surface area contributed by atoms with Gasteiger partial charge in [-0.05, 0) is 85.6 Å². The molecule has 0 aliphatic carbocycles. The smallest absolute Gasteiger partial charge is 0.171 e. The van der Waals surface area contributed by atoms with Crippen molar-refractivity contribution >= 4 is 89.7 Å². The number of benzene rings is 8. The second-order valence-electron chi connectivity index (χ2n) is 14.9. The molecule has 0 N–H and O–H groups in total. The normalized spacial score (nSPS) is 12.2. The van der Waals surface area contributed by atoms with Crippen LogP contribution in [0.2, 0.25) is 0 Å². The predicted molar refractivity (Wildman–Crippen MR) is 248 cm³/mol. The van der Waals surface area contributed by atoms with Gasteiger partial charge in [-0.2, -0.15) is 0 Å². The van der Waals surface area contributed by atoms with Crippen molar-refractivity contribution in [3.63, 3.8) is 0 Å². The number of aromatic nitrogens is 2. The molecule has 0 spiro atoms. The summed E-state index contributed by atoms with van der Waals surface area (Å²) in [4.78, 5) is 0. The van der Waals surface area contributed by atoms with Crippen LogP contribution in [0.3, 0.4) is 0 Å². The Morgan fingerprint density at radius 2 is 0.603 bits per heavy atom. The molecule has 0 radical (unpaired) electrons. The van der Waals surface area contributed by atoms with Gasteiger partial charge in [0.1, 0.15) is 0 Å². The Kier molecular flexibility index (Phi) is 8.94. The van der Waals surface area contributed by atoms with Gasteiger partial charge in [-0.25, -0.2) is 0 Å². The van der Waals surface area contributed by atoms with E-state index in [2.05, 4.69) is 95.8 Å². The molecular formula is C52H42N2O2P2. The van der Waals surface area contributed by atoms with Crippen molar-refractivity contribution in [3.8, 4) is 11.1 Å². The van der Waals surface area contributed by atoms with E-state index in [1.807, 2.05) is 121 Å². The molecule has 2 aromatic heterocycles. The molecule has 6 heteroatoms. The Balaban J connectivity index is 1.16. The lowest BCUT2D eigenvalue weighted by Crippen LogP contribution is -2.24. The summed E-state index contributed by atoms with van der Waals surface area (Å²) in [6.07, 6.45) is 0. The Morgan fingerprint density at radius 3 is 0.897 bits per heavy atom. The van der Waals surface area contributed by atoms with Gasteiger partial charge in [0, 0.05) is 88.5 Å². The van der Waals surface area contributed by atoms with Gasteiger partial charge in [0.25, 0.3) is 0 Å². The number of hydrogen-bond acceptors (Lipinski definition) is 2. The molecule has 0 aliphatic heterocycles. The lowest BCUT2D eigenvalue weighted by atomic mass is 10.0. The predicted octanol–water partition coefficient (Wildman–Crippen LogP) is 10.9. The van der Waals surface area contributed by atoms with Gasteiger partial charge >= 0.3 is 0 Å². The second-order valence-corrected chi connectivity index (χ2v) is 20.5. The first-order chi connectivity index (χ1) is 28.4. The third-order valence-electron chi connectivity index (χ3n) is 11.9. The minimum atomic E-state index is -3.17. The highest BCUT2D eigenvalue weighted by atomic mass is 31.2. The van der Waals surface area contributed by atoms with Crippen molar-refractivity contribution in [2.24, 2.45) is 0 Å². The van der Waals surface area contributed by atoms with E-state index in [9.17, 15) is 0 Å². The van der Waals surface area contributed by atoms with Gasteiger partial charge in [-0.15, -0.1) is 0 Å². The number of fused-ring (bicyclic) bond motifs is 6. The average molecular weight is 789 g/mol. The molecule has 0 atom stereocenters. The van der Waals surface area contributed by atoms with Gasteiger partial charge < -0.3 is 18.3 Å². The lowest BCUT2D eigenvalue weighted by molar-refractivity contribution is 0.591. The zero-order valence-corrected chi connectivity index (χ0v) is 34.3. The summed E-state index contributed by atoms with van der Waals surface area (Å²) in [5.74, 6) is 0. The molecule has 0 bridgehead atoms. The maximum Gasteiger partial charge on any atom is 0.171 e. The van der Waals surface area contributed by atoms with Crippen LogP contribution in [0, 0.1) is 0 Å². The first-order valence-corrected chi connectivity index (χ1v) is 23.4. The monoisotopic (exact) mass is 788 g/mol. The van der Waals surface area contributed by atoms with E-state index >= 15 is 9.13 Å². The van der Waals surface area contributed by atoms with Crippen LogP contribution >= 0.6 is 14.3 Å². The minimum absolute atomic E-state index is 0.814. The summed E-state index contributed by atoms with van der Waals surface area (Å²) in [5.41, 5.74) is 6.77. The van der Waals surface area contributed by atoms with Crippen molar-refractivity contribution in [2.45, 2.75) is 26.9 Å². The number of hydrogen-bond donors (Lipinski definition) is 0. The lowest BCUT2D eigenvalue weighted by Gasteiger charge is -2.20. The van der Waals surface area contributed by atoms with Gasteiger partial charge in [0.15, 0.2) is 14.3 Å². The van der Waals surface area contributed by atoms with Crippen LogP contribution in [0.25, 0.3) is 54.7 Å². The van der Waals surface area contributed by atoms with Crippen LogP contribution in [0.1, 0.15) is 13.8 Å². The van der Waals surface area contributed by atoms with Crippen LogP contribution < -0.4 is 31.8 Å². The van der Waals surface area contributed by atoms with Crippen molar-refractivity contribution in [3.05, 3.63) is 194 Å². The van der Waals surface area contributed by atoms with E-state index in [4.69, 9.17) is 0 Å². The number of rotatable bonds is 9. The number of aryl methyl sites for hydroxylation is 2. The molecule has 0 fully saturated rings. The van der Waals surface area contributed by atoms with Crippen molar-refractivity contribution in [1.29, 1.82) is 0 Å². The Bertz CT molecular complexity index is 2940. The molecule has 4 nitrogen and oxygen atoms in total. The highest BCUT2D eigenvalue weighted by molar-refractivity contribution is 7.85. The summed E-state index contributed by atoms with van der Waals surface area (Å²) in [7, 11) is -6.33. The van der Waals surface area contributed by atoms with Crippen LogP contribution in [0.15, 0.2) is 194 Å². The summed E-state index contributed by atoms with van der Waals surface area (Å²) in [6, 6.07) is 65.9. The van der Waals surface area contributed by atoms with E-state index in [1.165, 1.54) is 0 Å². The Labute approximate surface area is 338 Å². The van der Waals surface area contributed by atoms with E-state index in [0.29, 0.717) is 0 Å². The average Bonchev–Trinajstić information content (AvgIpc) is 3.79. The summed E-state index contributed by atoms with van der Waals surface area (Å²) < 4.78 is 35.6. The van der Waals surface area contributed by atoms with Gasteiger partial charge in [0.05, 0.1) is 0 Å². The number of nitrogens with zero attached hydrogens (tertiary/aromatic N) is 2. The summed E-state index contributed by atoms with van der Waals surface area (Å²) >= 11 is 0. The van der Waals surface area contributed by atoms with Gasteiger partial charge in [-0.3, -0.25) is 0 Å². The van der Waals surface area contributed by atoms with Crippen molar-refractivity contribution in [1.82, 2.24) is 9.13 Å². The topological polar surface area (TPSA) is 44.0 Å². The molecule has 0 aliphatic rings. The zero-order chi connectivity index (χ0) is 39.4. The van der Waals surface area contributed by atoms with Crippen LogP contribution in [-0.2, 0) is 22.2 Å². The third kappa shape index (κ3) is 5.58. The van der Waals surface area contributed by atoms with Crippen molar-refractivity contribution in [2.75, 3.05) is 0 Å². The molecule has 0 amide bonds. The molecule has 0 saturated carbocycles. The highest BCUT2D eigenvalue weighted by Crippen LogP contribution is 2.46. The van der Waals surface area contributed by atoms with E-state index < -0.39 is 14.3 Å². The fourth-order valence-corrected chi connectivity index (χ4v) is 14.4. The molecule has 8 aromatic carbocycles.